The predicted molar refractivity (Wildman–Crippen MR) is 114 cm³/mol. The average molecular weight is 396 g/mol. The summed E-state index contributed by atoms with van der Waals surface area (Å²) in [7, 11) is 0. The SMILES string of the molecule is Fc1ccc(C(c2ccc(OCCN3CCCCC3)cc2)c2cccs2)cc1. The maximum absolute atomic E-state index is 13.4. The molecule has 1 unspecified atom stereocenters. The van der Waals surface area contributed by atoms with Gasteiger partial charge in [0, 0.05) is 17.3 Å². The molecule has 2 heterocycles. The van der Waals surface area contributed by atoms with Crippen molar-refractivity contribution in [2.24, 2.45) is 0 Å². The zero-order chi connectivity index (χ0) is 19.2. The summed E-state index contributed by atoms with van der Waals surface area (Å²) in [6, 6.07) is 19.4. The van der Waals surface area contributed by atoms with Gasteiger partial charge >= 0.3 is 0 Å². The highest BCUT2D eigenvalue weighted by molar-refractivity contribution is 7.10. The number of benzene rings is 2. The van der Waals surface area contributed by atoms with Crippen LogP contribution in [0.25, 0.3) is 0 Å². The molecular weight excluding hydrogens is 369 g/mol. The number of ether oxygens (including phenoxy) is 1. The zero-order valence-electron chi connectivity index (χ0n) is 16.0. The van der Waals surface area contributed by atoms with E-state index in [1.54, 1.807) is 11.3 Å². The van der Waals surface area contributed by atoms with Gasteiger partial charge in [0.05, 0.1) is 0 Å². The summed E-state index contributed by atoms with van der Waals surface area (Å²) in [5.41, 5.74) is 2.29. The van der Waals surface area contributed by atoms with Crippen LogP contribution in [0.1, 0.15) is 41.2 Å². The molecule has 4 heteroatoms. The van der Waals surface area contributed by atoms with E-state index in [0.29, 0.717) is 0 Å². The quantitative estimate of drug-likeness (QED) is 0.491. The van der Waals surface area contributed by atoms with Gasteiger partial charge < -0.3 is 4.74 Å². The average Bonchev–Trinajstić information content (AvgIpc) is 3.26. The second-order valence-corrected chi connectivity index (χ2v) is 8.30. The fourth-order valence-corrected chi connectivity index (χ4v) is 4.74. The molecule has 2 aromatic carbocycles. The minimum absolute atomic E-state index is 0.114. The molecule has 1 aromatic heterocycles. The van der Waals surface area contributed by atoms with Crippen LogP contribution in [0.5, 0.6) is 5.75 Å². The van der Waals surface area contributed by atoms with Crippen LogP contribution in [-0.2, 0) is 0 Å². The van der Waals surface area contributed by atoms with Crippen LogP contribution in [0.4, 0.5) is 4.39 Å². The number of thiophene rings is 1. The van der Waals surface area contributed by atoms with Crippen molar-refractivity contribution in [3.05, 3.63) is 87.9 Å². The molecule has 0 N–H and O–H groups in total. The first kappa shape index (κ1) is 19.2. The first-order valence-electron chi connectivity index (χ1n) is 10.0. The van der Waals surface area contributed by atoms with E-state index in [1.807, 2.05) is 12.1 Å². The van der Waals surface area contributed by atoms with E-state index >= 15 is 0 Å². The lowest BCUT2D eigenvalue weighted by Crippen LogP contribution is -2.33. The fraction of sp³-hybridized carbons (Fsp3) is 0.333. The van der Waals surface area contributed by atoms with Crippen molar-refractivity contribution in [3.8, 4) is 5.75 Å². The van der Waals surface area contributed by atoms with E-state index in [9.17, 15) is 4.39 Å². The van der Waals surface area contributed by atoms with Crippen molar-refractivity contribution >= 4 is 11.3 Å². The number of likely N-dealkylation sites (tertiary alicyclic amines) is 1. The van der Waals surface area contributed by atoms with Crippen LogP contribution in [0.3, 0.4) is 0 Å². The zero-order valence-corrected chi connectivity index (χ0v) is 16.8. The lowest BCUT2D eigenvalue weighted by Gasteiger charge is -2.26. The van der Waals surface area contributed by atoms with Crippen molar-refractivity contribution in [1.82, 2.24) is 4.90 Å². The van der Waals surface area contributed by atoms with Gasteiger partial charge in [-0.15, -0.1) is 11.3 Å². The van der Waals surface area contributed by atoms with Crippen LogP contribution in [-0.4, -0.2) is 31.1 Å². The summed E-state index contributed by atoms with van der Waals surface area (Å²) in [5, 5.41) is 2.09. The molecule has 1 aliphatic heterocycles. The number of hydrogen-bond donors (Lipinski definition) is 0. The van der Waals surface area contributed by atoms with Gasteiger partial charge in [0.2, 0.25) is 0 Å². The number of halogens is 1. The second kappa shape index (κ2) is 9.35. The molecule has 1 atom stereocenters. The number of hydrogen-bond acceptors (Lipinski definition) is 3. The molecule has 0 spiro atoms. The van der Waals surface area contributed by atoms with Crippen LogP contribution in [0.15, 0.2) is 66.0 Å². The highest BCUT2D eigenvalue weighted by Gasteiger charge is 2.18. The maximum Gasteiger partial charge on any atom is 0.123 e. The van der Waals surface area contributed by atoms with Crippen molar-refractivity contribution < 1.29 is 9.13 Å². The smallest absolute Gasteiger partial charge is 0.123 e. The molecule has 0 bridgehead atoms. The monoisotopic (exact) mass is 395 g/mol. The summed E-state index contributed by atoms with van der Waals surface area (Å²) in [4.78, 5) is 3.74. The predicted octanol–water partition coefficient (Wildman–Crippen LogP) is 5.93. The Morgan fingerprint density at radius 2 is 1.57 bits per heavy atom. The number of piperidine rings is 1. The Kier molecular flexibility index (Phi) is 6.40. The van der Waals surface area contributed by atoms with Gasteiger partial charge in [-0.05, 0) is 72.8 Å². The second-order valence-electron chi connectivity index (χ2n) is 7.32. The topological polar surface area (TPSA) is 12.5 Å². The van der Waals surface area contributed by atoms with E-state index in [0.717, 1.165) is 24.5 Å². The molecule has 1 fully saturated rings. The number of nitrogens with zero attached hydrogens (tertiary/aromatic N) is 1. The third-order valence-corrected chi connectivity index (χ3v) is 6.31. The van der Waals surface area contributed by atoms with Crippen LogP contribution < -0.4 is 4.74 Å². The molecule has 0 aliphatic carbocycles. The van der Waals surface area contributed by atoms with Gasteiger partial charge in [-0.2, -0.15) is 0 Å². The minimum Gasteiger partial charge on any atom is -0.492 e. The van der Waals surface area contributed by atoms with Crippen LogP contribution in [0.2, 0.25) is 0 Å². The summed E-state index contributed by atoms with van der Waals surface area (Å²) in [6.45, 7) is 4.12. The molecule has 0 saturated carbocycles. The maximum atomic E-state index is 13.4. The summed E-state index contributed by atoms with van der Waals surface area (Å²) in [5.74, 6) is 0.818. The minimum atomic E-state index is -0.203. The first-order chi connectivity index (χ1) is 13.8. The molecule has 0 radical (unpaired) electrons. The largest absolute Gasteiger partial charge is 0.492 e. The third kappa shape index (κ3) is 4.81. The van der Waals surface area contributed by atoms with Crippen molar-refractivity contribution in [1.29, 1.82) is 0 Å². The van der Waals surface area contributed by atoms with Gasteiger partial charge in [0.15, 0.2) is 0 Å². The Morgan fingerprint density at radius 3 is 2.21 bits per heavy atom. The Balaban J connectivity index is 1.44. The Labute approximate surface area is 170 Å². The molecule has 28 heavy (non-hydrogen) atoms. The molecule has 1 aliphatic rings. The molecule has 3 aromatic rings. The highest BCUT2D eigenvalue weighted by Crippen LogP contribution is 2.35. The van der Waals surface area contributed by atoms with E-state index < -0.39 is 0 Å². The Hall–Kier alpha value is -2.17. The Bertz CT molecular complexity index is 839. The number of rotatable bonds is 7. The standard InChI is InChI=1S/C24H26FNOS/c25-21-10-6-19(7-11-21)24(23-5-4-18-28-23)20-8-12-22(13-9-20)27-17-16-26-14-2-1-3-15-26/h4-13,18,24H,1-3,14-17H2. The lowest BCUT2D eigenvalue weighted by molar-refractivity contribution is 0.183. The molecule has 0 amide bonds. The summed E-state index contributed by atoms with van der Waals surface area (Å²) < 4.78 is 19.4. The van der Waals surface area contributed by atoms with Crippen molar-refractivity contribution in [2.45, 2.75) is 25.2 Å². The van der Waals surface area contributed by atoms with E-state index in [2.05, 4.69) is 46.7 Å². The fourth-order valence-electron chi connectivity index (χ4n) is 3.86. The Morgan fingerprint density at radius 1 is 0.893 bits per heavy atom. The molecule has 146 valence electrons. The summed E-state index contributed by atoms with van der Waals surface area (Å²) >= 11 is 1.73. The van der Waals surface area contributed by atoms with Gasteiger partial charge in [0.25, 0.3) is 0 Å². The lowest BCUT2D eigenvalue weighted by atomic mass is 9.90. The van der Waals surface area contributed by atoms with Gasteiger partial charge in [-0.1, -0.05) is 36.8 Å². The molecule has 1 saturated heterocycles. The van der Waals surface area contributed by atoms with E-state index in [-0.39, 0.29) is 11.7 Å². The van der Waals surface area contributed by atoms with Gasteiger partial charge in [0.1, 0.15) is 18.2 Å². The van der Waals surface area contributed by atoms with E-state index in [4.69, 9.17) is 4.74 Å². The first-order valence-corrected chi connectivity index (χ1v) is 10.9. The molecular formula is C24H26FNOS. The van der Waals surface area contributed by atoms with Gasteiger partial charge in [-0.3, -0.25) is 4.90 Å². The molecule has 2 nitrogen and oxygen atoms in total. The summed E-state index contributed by atoms with van der Waals surface area (Å²) in [6.07, 6.45) is 3.97. The third-order valence-electron chi connectivity index (χ3n) is 5.37. The van der Waals surface area contributed by atoms with Crippen molar-refractivity contribution in [3.63, 3.8) is 0 Å². The molecule has 4 rings (SSSR count). The highest BCUT2D eigenvalue weighted by atomic mass is 32.1. The van der Waals surface area contributed by atoms with E-state index in [1.165, 1.54) is 54.9 Å². The van der Waals surface area contributed by atoms with Gasteiger partial charge in [-0.25, -0.2) is 4.39 Å². The van der Waals surface area contributed by atoms with Crippen molar-refractivity contribution in [2.75, 3.05) is 26.2 Å². The normalized spacial score (nSPS) is 16.0. The van der Waals surface area contributed by atoms with Crippen LogP contribution >= 0.6 is 11.3 Å². The van der Waals surface area contributed by atoms with Crippen LogP contribution in [0, 0.1) is 5.82 Å².